The zero-order chi connectivity index (χ0) is 13.0. The quantitative estimate of drug-likeness (QED) is 0.815. The van der Waals surface area contributed by atoms with Crippen LogP contribution in [0.25, 0.3) is 0 Å². The molecular weight excluding hydrogens is 248 g/mol. The third kappa shape index (κ3) is 3.18. The molecule has 0 saturated heterocycles. The van der Waals surface area contributed by atoms with Crippen LogP contribution in [0.5, 0.6) is 0 Å². The second-order valence-electron chi connectivity index (χ2n) is 3.68. The maximum Gasteiger partial charge on any atom is 0.293 e. The van der Waals surface area contributed by atoms with Crippen LogP contribution in [0.1, 0.15) is 16.3 Å². The van der Waals surface area contributed by atoms with Crippen molar-refractivity contribution in [3.63, 3.8) is 0 Å². The maximum atomic E-state index is 11.7. The number of anilines is 1. The van der Waals surface area contributed by atoms with Crippen LogP contribution in [0.3, 0.4) is 0 Å². The molecule has 2 rings (SSSR count). The van der Waals surface area contributed by atoms with Crippen molar-refractivity contribution in [3.8, 4) is 0 Å². The average Bonchev–Trinajstić information content (AvgIpc) is 2.77. The molecule has 2 N–H and O–H groups in total. The summed E-state index contributed by atoms with van der Waals surface area (Å²) in [5.41, 5.74) is 0.818. The molecule has 2 aromatic rings. The Labute approximate surface area is 110 Å². The van der Waals surface area contributed by atoms with Crippen molar-refractivity contribution >= 4 is 28.9 Å². The smallest absolute Gasteiger partial charge is 0.293 e. The van der Waals surface area contributed by atoms with Gasteiger partial charge in [0.15, 0.2) is 10.9 Å². The summed E-state index contributed by atoms with van der Waals surface area (Å²) in [6.07, 6.45) is 0. The summed E-state index contributed by atoms with van der Waals surface area (Å²) in [7, 11) is 0. The zero-order valence-electron chi connectivity index (χ0n) is 9.77. The first-order valence-corrected chi connectivity index (χ1v) is 5.80. The highest BCUT2D eigenvalue weighted by atomic mass is 32.1. The van der Waals surface area contributed by atoms with Gasteiger partial charge in [0.25, 0.3) is 5.91 Å². The van der Waals surface area contributed by atoms with E-state index in [0.29, 0.717) is 5.76 Å². The fraction of sp³-hybridized carbons (Fsp3) is 0.0769. The van der Waals surface area contributed by atoms with Crippen LogP contribution in [-0.2, 0) is 0 Å². The van der Waals surface area contributed by atoms with E-state index in [-0.39, 0.29) is 16.8 Å². The second-order valence-corrected chi connectivity index (χ2v) is 4.09. The number of carbonyl (C=O) groups excluding carboxylic acids is 1. The van der Waals surface area contributed by atoms with Crippen LogP contribution in [0.4, 0.5) is 5.69 Å². The van der Waals surface area contributed by atoms with E-state index < -0.39 is 0 Å². The van der Waals surface area contributed by atoms with Gasteiger partial charge in [-0.15, -0.1) is 0 Å². The molecule has 0 aliphatic rings. The molecule has 4 nitrogen and oxygen atoms in total. The van der Waals surface area contributed by atoms with Crippen LogP contribution < -0.4 is 10.6 Å². The minimum absolute atomic E-state index is 0.236. The highest BCUT2D eigenvalue weighted by Crippen LogP contribution is 2.07. The van der Waals surface area contributed by atoms with Gasteiger partial charge in [-0.3, -0.25) is 10.1 Å². The van der Waals surface area contributed by atoms with E-state index >= 15 is 0 Å². The monoisotopic (exact) mass is 260 g/mol. The van der Waals surface area contributed by atoms with Gasteiger partial charge < -0.3 is 9.73 Å². The summed E-state index contributed by atoms with van der Waals surface area (Å²) in [6.45, 7) is 1.78. The topological polar surface area (TPSA) is 54.3 Å². The van der Waals surface area contributed by atoms with Crippen LogP contribution in [0, 0.1) is 6.92 Å². The number of carbonyl (C=O) groups is 1. The van der Waals surface area contributed by atoms with Crippen molar-refractivity contribution in [2.45, 2.75) is 6.92 Å². The summed E-state index contributed by atoms with van der Waals surface area (Å²) in [5, 5.41) is 5.69. The molecule has 0 unspecified atom stereocenters. The number of para-hydroxylation sites is 1. The maximum absolute atomic E-state index is 11.7. The Morgan fingerprint density at radius 2 is 1.89 bits per heavy atom. The Balaban J connectivity index is 1.94. The van der Waals surface area contributed by atoms with E-state index in [9.17, 15) is 4.79 Å². The molecule has 1 amide bonds. The Morgan fingerprint density at radius 1 is 1.17 bits per heavy atom. The number of amides is 1. The number of benzene rings is 1. The number of nitrogens with one attached hydrogen (secondary N) is 2. The van der Waals surface area contributed by atoms with Gasteiger partial charge in [-0.1, -0.05) is 18.2 Å². The Morgan fingerprint density at radius 3 is 2.50 bits per heavy atom. The molecular formula is C13H12N2O2S. The molecule has 1 aromatic heterocycles. The van der Waals surface area contributed by atoms with Gasteiger partial charge in [-0.2, -0.15) is 0 Å². The van der Waals surface area contributed by atoms with Crippen molar-refractivity contribution in [3.05, 3.63) is 54.0 Å². The minimum Gasteiger partial charge on any atom is -0.456 e. The summed E-state index contributed by atoms with van der Waals surface area (Å²) in [6, 6.07) is 12.7. The first-order valence-electron chi connectivity index (χ1n) is 5.39. The Bertz CT molecular complexity index is 563. The lowest BCUT2D eigenvalue weighted by atomic mass is 10.3. The second kappa shape index (κ2) is 5.46. The van der Waals surface area contributed by atoms with Gasteiger partial charge >= 0.3 is 0 Å². The van der Waals surface area contributed by atoms with Crippen molar-refractivity contribution in [1.29, 1.82) is 0 Å². The number of hydrogen-bond acceptors (Lipinski definition) is 3. The van der Waals surface area contributed by atoms with Gasteiger partial charge in [0.1, 0.15) is 5.76 Å². The average molecular weight is 260 g/mol. The normalized spacial score (nSPS) is 9.83. The molecule has 0 aliphatic heterocycles. The van der Waals surface area contributed by atoms with Crippen molar-refractivity contribution in [1.82, 2.24) is 5.32 Å². The van der Waals surface area contributed by atoms with Crippen LogP contribution in [0.15, 0.2) is 46.9 Å². The fourth-order valence-corrected chi connectivity index (χ4v) is 1.62. The van der Waals surface area contributed by atoms with E-state index in [4.69, 9.17) is 16.6 Å². The number of furan rings is 1. The lowest BCUT2D eigenvalue weighted by molar-refractivity contribution is 0.0949. The number of hydrogen-bond donors (Lipinski definition) is 2. The van der Waals surface area contributed by atoms with Crippen molar-refractivity contribution in [2.75, 3.05) is 5.32 Å². The predicted octanol–water partition coefficient (Wildman–Crippen LogP) is 2.71. The number of thiocarbonyl (C=S) groups is 1. The molecule has 0 saturated carbocycles. The first kappa shape index (κ1) is 12.3. The molecule has 0 spiro atoms. The van der Waals surface area contributed by atoms with E-state index in [0.717, 1.165) is 5.69 Å². The van der Waals surface area contributed by atoms with Gasteiger partial charge in [0, 0.05) is 5.69 Å². The Kier molecular flexibility index (Phi) is 3.74. The number of aryl methyl sites for hydroxylation is 1. The highest BCUT2D eigenvalue weighted by molar-refractivity contribution is 7.80. The van der Waals surface area contributed by atoms with Crippen molar-refractivity contribution in [2.24, 2.45) is 0 Å². The minimum atomic E-state index is -0.364. The molecule has 1 aromatic carbocycles. The first-order chi connectivity index (χ1) is 8.65. The van der Waals surface area contributed by atoms with E-state index in [1.807, 2.05) is 30.3 Å². The lowest BCUT2D eigenvalue weighted by Gasteiger charge is -2.07. The largest absolute Gasteiger partial charge is 0.456 e. The van der Waals surface area contributed by atoms with Gasteiger partial charge in [0.05, 0.1) is 0 Å². The summed E-state index contributed by atoms with van der Waals surface area (Å²) in [4.78, 5) is 11.7. The molecule has 18 heavy (non-hydrogen) atoms. The summed E-state index contributed by atoms with van der Waals surface area (Å²) >= 11 is 5.03. The van der Waals surface area contributed by atoms with Crippen LogP contribution in [0.2, 0.25) is 0 Å². The van der Waals surface area contributed by atoms with Gasteiger partial charge in [0.2, 0.25) is 0 Å². The molecule has 0 fully saturated rings. The molecule has 5 heteroatoms. The van der Waals surface area contributed by atoms with Gasteiger partial charge in [-0.25, -0.2) is 0 Å². The third-order valence-electron chi connectivity index (χ3n) is 2.22. The molecule has 0 atom stereocenters. The molecule has 92 valence electrons. The molecule has 0 radical (unpaired) electrons. The van der Waals surface area contributed by atoms with E-state index in [1.54, 1.807) is 19.1 Å². The highest BCUT2D eigenvalue weighted by Gasteiger charge is 2.11. The van der Waals surface area contributed by atoms with Gasteiger partial charge in [-0.05, 0) is 43.4 Å². The predicted molar refractivity (Wildman–Crippen MR) is 73.6 cm³/mol. The lowest BCUT2D eigenvalue weighted by Crippen LogP contribution is -2.33. The summed E-state index contributed by atoms with van der Waals surface area (Å²) < 4.78 is 5.20. The summed E-state index contributed by atoms with van der Waals surface area (Å²) in [5.74, 6) is 0.559. The molecule has 0 aliphatic carbocycles. The SMILES string of the molecule is Cc1ccc(C(=O)NC(=S)Nc2ccccc2)o1. The molecule has 0 bridgehead atoms. The van der Waals surface area contributed by atoms with Crippen LogP contribution in [-0.4, -0.2) is 11.0 Å². The zero-order valence-corrected chi connectivity index (χ0v) is 10.6. The number of rotatable bonds is 2. The van der Waals surface area contributed by atoms with E-state index in [1.165, 1.54) is 0 Å². The standard InChI is InChI=1S/C13H12N2O2S/c1-9-7-8-11(17-9)12(16)15-13(18)14-10-5-3-2-4-6-10/h2-8H,1H3,(H2,14,15,16,18). The van der Waals surface area contributed by atoms with E-state index in [2.05, 4.69) is 10.6 Å². The fourth-order valence-electron chi connectivity index (χ4n) is 1.41. The third-order valence-corrected chi connectivity index (χ3v) is 2.43. The molecule has 1 heterocycles. The van der Waals surface area contributed by atoms with Crippen molar-refractivity contribution < 1.29 is 9.21 Å². The Hall–Kier alpha value is -2.14. The van der Waals surface area contributed by atoms with Crippen LogP contribution >= 0.6 is 12.2 Å².